The number of pyridine rings is 2. The molecule has 0 amide bonds. The summed E-state index contributed by atoms with van der Waals surface area (Å²) in [7, 11) is 0. The van der Waals surface area contributed by atoms with E-state index in [1.807, 2.05) is 49.1 Å². The lowest BCUT2D eigenvalue weighted by Gasteiger charge is -2.01. The van der Waals surface area contributed by atoms with Crippen LogP contribution in [0.4, 0.5) is 0 Å². The van der Waals surface area contributed by atoms with Gasteiger partial charge in [-0.25, -0.2) is 9.13 Å². The molecule has 0 fully saturated rings. The molecule has 0 bridgehead atoms. The van der Waals surface area contributed by atoms with Crippen molar-refractivity contribution in [2.24, 2.45) is 21.9 Å². The first-order chi connectivity index (χ1) is 12.8. The average Bonchev–Trinajstić information content (AvgIpc) is 2.67. The SMILES string of the molecule is N/N=C/c1cc[n+](Cc2ccc(C[n+]3ccc(/C=N/N)cc3)cc2)cc1. The molecule has 0 atom stereocenters. The quantitative estimate of drug-likeness (QED) is 0.301. The number of hydrogen-bond acceptors (Lipinski definition) is 4. The van der Waals surface area contributed by atoms with Crippen LogP contribution in [-0.4, -0.2) is 12.4 Å². The zero-order valence-electron chi connectivity index (χ0n) is 14.4. The van der Waals surface area contributed by atoms with Gasteiger partial charge in [0, 0.05) is 46.5 Å². The number of nitrogens with zero attached hydrogens (tertiary/aromatic N) is 4. The Labute approximate surface area is 152 Å². The summed E-state index contributed by atoms with van der Waals surface area (Å²) in [6.07, 6.45) is 11.3. The monoisotopic (exact) mass is 346 g/mol. The second-order valence-electron chi connectivity index (χ2n) is 5.98. The summed E-state index contributed by atoms with van der Waals surface area (Å²) in [5.74, 6) is 10.3. The predicted molar refractivity (Wildman–Crippen MR) is 101 cm³/mol. The molecule has 0 saturated carbocycles. The van der Waals surface area contributed by atoms with Gasteiger partial charge >= 0.3 is 0 Å². The Balaban J connectivity index is 1.62. The van der Waals surface area contributed by atoms with Crippen molar-refractivity contribution in [1.82, 2.24) is 0 Å². The summed E-state index contributed by atoms with van der Waals surface area (Å²) in [6, 6.07) is 16.6. The van der Waals surface area contributed by atoms with Crippen LogP contribution in [0.25, 0.3) is 0 Å². The summed E-state index contributed by atoms with van der Waals surface area (Å²) in [6.45, 7) is 1.64. The molecule has 2 aromatic heterocycles. The van der Waals surface area contributed by atoms with Crippen LogP contribution in [0.15, 0.2) is 83.5 Å². The lowest BCUT2D eigenvalue weighted by atomic mass is 10.1. The minimum atomic E-state index is 0.820. The molecule has 0 aliphatic heterocycles. The molecule has 0 spiro atoms. The van der Waals surface area contributed by atoms with Gasteiger partial charge in [-0.2, -0.15) is 10.2 Å². The maximum Gasteiger partial charge on any atom is 0.173 e. The second kappa shape index (κ2) is 8.53. The number of hydrazone groups is 2. The second-order valence-corrected chi connectivity index (χ2v) is 5.98. The Kier molecular flexibility index (Phi) is 5.67. The fourth-order valence-corrected chi connectivity index (χ4v) is 2.66. The molecule has 4 N–H and O–H groups in total. The normalized spacial score (nSPS) is 11.4. The van der Waals surface area contributed by atoms with Gasteiger partial charge in [-0.1, -0.05) is 24.3 Å². The summed E-state index contributed by atoms with van der Waals surface area (Å²) in [4.78, 5) is 0. The number of aromatic nitrogens is 2. The van der Waals surface area contributed by atoms with Crippen molar-refractivity contribution in [2.75, 3.05) is 0 Å². The topological polar surface area (TPSA) is 84.5 Å². The van der Waals surface area contributed by atoms with Gasteiger partial charge in [0.15, 0.2) is 37.9 Å². The van der Waals surface area contributed by atoms with Crippen LogP contribution < -0.4 is 20.8 Å². The van der Waals surface area contributed by atoms with Crippen LogP contribution in [0.3, 0.4) is 0 Å². The Morgan fingerprint density at radius 1 is 0.615 bits per heavy atom. The van der Waals surface area contributed by atoms with E-state index in [2.05, 4.69) is 43.6 Å². The number of benzene rings is 1. The van der Waals surface area contributed by atoms with E-state index >= 15 is 0 Å². The zero-order valence-corrected chi connectivity index (χ0v) is 14.4. The van der Waals surface area contributed by atoms with E-state index in [4.69, 9.17) is 11.7 Å². The van der Waals surface area contributed by atoms with Gasteiger partial charge in [-0.05, 0) is 0 Å². The van der Waals surface area contributed by atoms with Gasteiger partial charge in [0.25, 0.3) is 0 Å². The molecule has 0 aliphatic rings. The van der Waals surface area contributed by atoms with Crippen molar-refractivity contribution >= 4 is 12.4 Å². The third-order valence-corrected chi connectivity index (χ3v) is 4.03. The van der Waals surface area contributed by atoms with E-state index in [-0.39, 0.29) is 0 Å². The first kappa shape index (κ1) is 17.3. The van der Waals surface area contributed by atoms with Crippen molar-refractivity contribution in [3.63, 3.8) is 0 Å². The minimum Gasteiger partial charge on any atom is -0.323 e. The van der Waals surface area contributed by atoms with Crippen LogP contribution >= 0.6 is 0 Å². The summed E-state index contributed by atoms with van der Waals surface area (Å²) in [5.41, 5.74) is 4.47. The van der Waals surface area contributed by atoms with Gasteiger partial charge in [-0.15, -0.1) is 0 Å². The van der Waals surface area contributed by atoms with Gasteiger partial charge in [0.2, 0.25) is 0 Å². The highest BCUT2D eigenvalue weighted by Crippen LogP contribution is 2.04. The number of rotatable bonds is 6. The Hall–Kier alpha value is -3.54. The van der Waals surface area contributed by atoms with Crippen LogP contribution in [0.5, 0.6) is 0 Å². The van der Waals surface area contributed by atoms with Crippen LogP contribution in [0, 0.1) is 0 Å². The van der Waals surface area contributed by atoms with E-state index in [0.717, 1.165) is 24.2 Å². The first-order valence-corrected chi connectivity index (χ1v) is 8.29. The molecule has 0 unspecified atom stereocenters. The maximum atomic E-state index is 5.16. The van der Waals surface area contributed by atoms with Gasteiger partial charge in [-0.3, -0.25) is 0 Å². The molecule has 26 heavy (non-hydrogen) atoms. The lowest BCUT2D eigenvalue weighted by Crippen LogP contribution is -2.34. The fourth-order valence-electron chi connectivity index (χ4n) is 2.66. The van der Waals surface area contributed by atoms with Crippen molar-refractivity contribution < 1.29 is 9.13 Å². The number of nitrogens with two attached hydrogens (primary N) is 2. The van der Waals surface area contributed by atoms with Gasteiger partial charge in [0.1, 0.15) is 0 Å². The largest absolute Gasteiger partial charge is 0.323 e. The van der Waals surface area contributed by atoms with Crippen molar-refractivity contribution in [1.29, 1.82) is 0 Å². The fraction of sp³-hybridized carbons (Fsp3) is 0.100. The standard InChI is InChI=1S/C20H20N6/c21-23-13-17-5-9-25(10-6-17)15-19-1-2-20(4-3-19)16-26-11-7-18(8-12-26)14-24-22/h1-14,21-22H,15-16H2/p+2. The molecule has 1 aromatic carbocycles. The Bertz CT molecular complexity index is 805. The molecular weight excluding hydrogens is 324 g/mol. The maximum absolute atomic E-state index is 5.16. The Morgan fingerprint density at radius 2 is 0.962 bits per heavy atom. The van der Waals surface area contributed by atoms with Crippen molar-refractivity contribution in [2.45, 2.75) is 13.1 Å². The summed E-state index contributed by atoms with van der Waals surface area (Å²) < 4.78 is 4.24. The van der Waals surface area contributed by atoms with Crippen molar-refractivity contribution in [3.05, 3.63) is 95.6 Å². The van der Waals surface area contributed by atoms with Crippen LogP contribution in [0.1, 0.15) is 22.3 Å². The lowest BCUT2D eigenvalue weighted by molar-refractivity contribution is -0.689. The predicted octanol–water partition coefficient (Wildman–Crippen LogP) is 0.943. The van der Waals surface area contributed by atoms with E-state index in [1.165, 1.54) is 11.1 Å². The molecule has 6 nitrogen and oxygen atoms in total. The van der Waals surface area contributed by atoms with E-state index < -0.39 is 0 Å². The molecular formula is C20H22N6+2. The molecule has 3 aromatic rings. The van der Waals surface area contributed by atoms with Gasteiger partial charge < -0.3 is 11.7 Å². The number of hydrogen-bond donors (Lipinski definition) is 2. The third kappa shape index (κ3) is 4.73. The molecule has 3 rings (SSSR count). The average molecular weight is 346 g/mol. The Morgan fingerprint density at radius 3 is 1.27 bits per heavy atom. The summed E-state index contributed by atoms with van der Waals surface area (Å²) >= 11 is 0. The highest BCUT2D eigenvalue weighted by atomic mass is 15.1. The highest BCUT2D eigenvalue weighted by molar-refractivity contribution is 5.79. The molecule has 6 heteroatoms. The molecule has 2 heterocycles. The molecule has 0 radical (unpaired) electrons. The molecule has 0 aliphatic carbocycles. The van der Waals surface area contributed by atoms with Gasteiger partial charge in [0.05, 0.1) is 12.4 Å². The zero-order chi connectivity index (χ0) is 18.2. The molecule has 130 valence electrons. The van der Waals surface area contributed by atoms with E-state index in [0.29, 0.717) is 0 Å². The smallest absolute Gasteiger partial charge is 0.173 e. The van der Waals surface area contributed by atoms with Crippen LogP contribution in [0.2, 0.25) is 0 Å². The van der Waals surface area contributed by atoms with E-state index in [1.54, 1.807) is 12.4 Å². The minimum absolute atomic E-state index is 0.820. The first-order valence-electron chi connectivity index (χ1n) is 8.29. The van der Waals surface area contributed by atoms with E-state index in [9.17, 15) is 0 Å². The highest BCUT2D eigenvalue weighted by Gasteiger charge is 2.06. The third-order valence-electron chi connectivity index (χ3n) is 4.03. The summed E-state index contributed by atoms with van der Waals surface area (Å²) in [5, 5.41) is 7.06. The van der Waals surface area contributed by atoms with Crippen LogP contribution in [-0.2, 0) is 13.1 Å². The molecule has 0 saturated heterocycles. The van der Waals surface area contributed by atoms with Crippen molar-refractivity contribution in [3.8, 4) is 0 Å².